The summed E-state index contributed by atoms with van der Waals surface area (Å²) < 4.78 is 6.55. The minimum absolute atomic E-state index is 0.0510. The summed E-state index contributed by atoms with van der Waals surface area (Å²) in [5.74, 6) is 0.741. The predicted octanol–water partition coefficient (Wildman–Crippen LogP) is 2.89. The van der Waals surface area contributed by atoms with Crippen molar-refractivity contribution < 1.29 is 14.6 Å². The van der Waals surface area contributed by atoms with E-state index in [0.717, 1.165) is 10.2 Å². The van der Waals surface area contributed by atoms with Crippen LogP contribution in [-0.4, -0.2) is 29.8 Å². The first kappa shape index (κ1) is 17.0. The zero-order chi connectivity index (χ0) is 15.0. The molecule has 1 aromatic carbocycles. The van der Waals surface area contributed by atoms with E-state index >= 15 is 0 Å². The molecule has 1 rings (SSSR count). The van der Waals surface area contributed by atoms with Crippen molar-refractivity contribution >= 4 is 21.8 Å². The van der Waals surface area contributed by atoms with Crippen molar-refractivity contribution in [3.05, 3.63) is 28.7 Å². The van der Waals surface area contributed by atoms with E-state index in [1.807, 2.05) is 38.1 Å². The summed E-state index contributed by atoms with van der Waals surface area (Å²) in [6.07, 6.45) is 1.74. The lowest BCUT2D eigenvalue weighted by atomic mass is 10.00. The molecule has 0 aliphatic heterocycles. The minimum Gasteiger partial charge on any atom is -0.494 e. The van der Waals surface area contributed by atoms with E-state index in [1.54, 1.807) is 0 Å². The highest BCUT2D eigenvalue weighted by molar-refractivity contribution is 9.10. The number of ether oxygens (including phenoxy) is 1. The molecule has 1 aromatic rings. The van der Waals surface area contributed by atoms with Crippen molar-refractivity contribution in [2.75, 3.05) is 13.2 Å². The second-order valence-electron chi connectivity index (χ2n) is 5.03. The molecule has 0 fully saturated rings. The number of amides is 1. The van der Waals surface area contributed by atoms with Crippen LogP contribution in [0.1, 0.15) is 33.1 Å². The maximum atomic E-state index is 11.7. The first-order valence-electron chi connectivity index (χ1n) is 6.79. The summed E-state index contributed by atoms with van der Waals surface area (Å²) in [4.78, 5) is 11.7. The number of aliphatic hydroxyl groups is 1. The molecule has 112 valence electrons. The molecule has 4 nitrogen and oxygen atoms in total. The molecule has 5 heteroatoms. The average molecular weight is 344 g/mol. The van der Waals surface area contributed by atoms with E-state index in [9.17, 15) is 9.90 Å². The molecule has 0 saturated heterocycles. The van der Waals surface area contributed by atoms with Gasteiger partial charge >= 0.3 is 0 Å². The number of hydrogen-bond acceptors (Lipinski definition) is 3. The van der Waals surface area contributed by atoms with Crippen LogP contribution in [0.5, 0.6) is 5.75 Å². The Balaban J connectivity index is 2.24. The van der Waals surface area contributed by atoms with Crippen molar-refractivity contribution in [3.63, 3.8) is 0 Å². The lowest BCUT2D eigenvalue weighted by Gasteiger charge is -2.27. The van der Waals surface area contributed by atoms with Gasteiger partial charge in [0.05, 0.1) is 18.8 Å². The van der Waals surface area contributed by atoms with Gasteiger partial charge in [-0.2, -0.15) is 0 Å². The standard InChI is InChI=1S/C15H22BrNO3/c1-3-15(2,11-18)17-14(19)5-4-10-20-13-8-6-12(16)7-9-13/h6-9,18H,3-5,10-11H2,1-2H3,(H,17,19). The van der Waals surface area contributed by atoms with Crippen LogP contribution in [0.15, 0.2) is 28.7 Å². The molecule has 0 spiro atoms. The van der Waals surface area contributed by atoms with Crippen molar-refractivity contribution in [1.29, 1.82) is 0 Å². The summed E-state index contributed by atoms with van der Waals surface area (Å²) in [5, 5.41) is 12.1. The molecule has 0 bridgehead atoms. The first-order chi connectivity index (χ1) is 9.49. The molecule has 1 atom stereocenters. The summed E-state index contributed by atoms with van der Waals surface area (Å²) in [5.41, 5.74) is -0.524. The van der Waals surface area contributed by atoms with Gasteiger partial charge in [-0.3, -0.25) is 4.79 Å². The Morgan fingerprint density at radius 2 is 2.05 bits per heavy atom. The van der Waals surface area contributed by atoms with Crippen LogP contribution in [0.2, 0.25) is 0 Å². The second kappa shape index (κ2) is 8.27. The average Bonchev–Trinajstić information content (AvgIpc) is 2.45. The van der Waals surface area contributed by atoms with Gasteiger partial charge in [-0.25, -0.2) is 0 Å². The van der Waals surface area contributed by atoms with Gasteiger partial charge < -0.3 is 15.2 Å². The van der Waals surface area contributed by atoms with E-state index in [4.69, 9.17) is 4.74 Å². The number of rotatable bonds is 8. The van der Waals surface area contributed by atoms with Gasteiger partial charge in [0.15, 0.2) is 0 Å². The number of halogens is 1. The second-order valence-corrected chi connectivity index (χ2v) is 5.94. The van der Waals surface area contributed by atoms with Gasteiger partial charge in [-0.15, -0.1) is 0 Å². The zero-order valence-electron chi connectivity index (χ0n) is 12.0. The monoisotopic (exact) mass is 343 g/mol. The molecular formula is C15H22BrNO3. The molecule has 0 aliphatic rings. The first-order valence-corrected chi connectivity index (χ1v) is 7.58. The highest BCUT2D eigenvalue weighted by Crippen LogP contribution is 2.16. The highest BCUT2D eigenvalue weighted by Gasteiger charge is 2.22. The van der Waals surface area contributed by atoms with Crippen LogP contribution in [0.4, 0.5) is 0 Å². The van der Waals surface area contributed by atoms with Crippen LogP contribution >= 0.6 is 15.9 Å². The third-order valence-corrected chi connectivity index (χ3v) is 3.73. The molecule has 0 radical (unpaired) electrons. The molecule has 1 unspecified atom stereocenters. The van der Waals surface area contributed by atoms with Crippen LogP contribution in [0.3, 0.4) is 0 Å². The van der Waals surface area contributed by atoms with Gasteiger partial charge in [-0.1, -0.05) is 22.9 Å². The van der Waals surface area contributed by atoms with Gasteiger partial charge in [0, 0.05) is 10.9 Å². The molecular weight excluding hydrogens is 322 g/mol. The van der Waals surface area contributed by atoms with Crippen LogP contribution in [0.25, 0.3) is 0 Å². The van der Waals surface area contributed by atoms with E-state index in [2.05, 4.69) is 21.2 Å². The normalized spacial score (nSPS) is 13.6. The molecule has 2 N–H and O–H groups in total. The fraction of sp³-hybridized carbons (Fsp3) is 0.533. The summed E-state index contributed by atoms with van der Waals surface area (Å²) in [7, 11) is 0. The third-order valence-electron chi connectivity index (χ3n) is 3.20. The number of aliphatic hydroxyl groups excluding tert-OH is 1. The van der Waals surface area contributed by atoms with Crippen LogP contribution in [0, 0.1) is 0 Å². The number of hydrogen-bond donors (Lipinski definition) is 2. The maximum absolute atomic E-state index is 11.7. The van der Waals surface area contributed by atoms with E-state index < -0.39 is 5.54 Å². The predicted molar refractivity (Wildman–Crippen MR) is 82.8 cm³/mol. The minimum atomic E-state index is -0.524. The van der Waals surface area contributed by atoms with E-state index in [1.165, 1.54) is 0 Å². The fourth-order valence-corrected chi connectivity index (χ4v) is 1.86. The summed E-state index contributed by atoms with van der Waals surface area (Å²) in [6.45, 7) is 4.22. The SMILES string of the molecule is CCC(C)(CO)NC(=O)CCCOc1ccc(Br)cc1. The highest BCUT2D eigenvalue weighted by atomic mass is 79.9. The Bertz CT molecular complexity index is 416. The van der Waals surface area contributed by atoms with E-state index in [0.29, 0.717) is 25.9 Å². The van der Waals surface area contributed by atoms with Crippen LogP contribution in [-0.2, 0) is 4.79 Å². The quantitative estimate of drug-likeness (QED) is 0.713. The molecule has 1 amide bonds. The van der Waals surface area contributed by atoms with Gasteiger partial charge in [0.2, 0.25) is 5.91 Å². The summed E-state index contributed by atoms with van der Waals surface area (Å²) in [6, 6.07) is 7.58. The topological polar surface area (TPSA) is 58.6 Å². The molecule has 20 heavy (non-hydrogen) atoms. The lowest BCUT2D eigenvalue weighted by molar-refractivity contribution is -0.123. The number of benzene rings is 1. The van der Waals surface area contributed by atoms with Crippen LogP contribution < -0.4 is 10.1 Å². The van der Waals surface area contributed by atoms with Gasteiger partial charge in [0.1, 0.15) is 5.75 Å². The number of carbonyl (C=O) groups is 1. The molecule has 0 heterocycles. The summed E-state index contributed by atoms with van der Waals surface area (Å²) >= 11 is 3.36. The van der Waals surface area contributed by atoms with Crippen molar-refractivity contribution in [3.8, 4) is 5.75 Å². The molecule has 0 saturated carbocycles. The Morgan fingerprint density at radius 1 is 1.40 bits per heavy atom. The third kappa shape index (κ3) is 5.92. The fourth-order valence-electron chi connectivity index (χ4n) is 1.59. The Hall–Kier alpha value is -1.07. The smallest absolute Gasteiger partial charge is 0.220 e. The molecule has 0 aliphatic carbocycles. The van der Waals surface area contributed by atoms with Gasteiger partial charge in [0.25, 0.3) is 0 Å². The lowest BCUT2D eigenvalue weighted by Crippen LogP contribution is -2.48. The Labute approximate surface area is 128 Å². The molecule has 0 aromatic heterocycles. The Kier molecular flexibility index (Phi) is 7.02. The van der Waals surface area contributed by atoms with Crippen molar-refractivity contribution in [2.24, 2.45) is 0 Å². The van der Waals surface area contributed by atoms with Gasteiger partial charge in [-0.05, 0) is 44.0 Å². The Morgan fingerprint density at radius 3 is 2.60 bits per heavy atom. The number of nitrogens with one attached hydrogen (secondary N) is 1. The van der Waals surface area contributed by atoms with Crippen molar-refractivity contribution in [2.45, 2.75) is 38.6 Å². The zero-order valence-corrected chi connectivity index (χ0v) is 13.6. The van der Waals surface area contributed by atoms with E-state index in [-0.39, 0.29) is 12.5 Å². The largest absolute Gasteiger partial charge is 0.494 e. The van der Waals surface area contributed by atoms with Crippen molar-refractivity contribution in [1.82, 2.24) is 5.32 Å². The number of carbonyl (C=O) groups excluding carboxylic acids is 1. The maximum Gasteiger partial charge on any atom is 0.220 e.